The molecule has 0 spiro atoms. The van der Waals surface area contributed by atoms with Gasteiger partial charge in [0.25, 0.3) is 5.91 Å². The fourth-order valence-electron chi connectivity index (χ4n) is 2.43. The average molecular weight is 310 g/mol. The van der Waals surface area contributed by atoms with Crippen molar-refractivity contribution in [1.82, 2.24) is 14.6 Å². The van der Waals surface area contributed by atoms with Crippen LogP contribution in [0.4, 0.5) is 5.69 Å². The van der Waals surface area contributed by atoms with Gasteiger partial charge in [-0.2, -0.15) is 5.10 Å². The van der Waals surface area contributed by atoms with E-state index in [0.717, 1.165) is 11.3 Å². The summed E-state index contributed by atoms with van der Waals surface area (Å²) in [5, 5.41) is 7.05. The van der Waals surface area contributed by atoms with Crippen molar-refractivity contribution < 1.29 is 14.3 Å². The minimum Gasteiger partial charge on any atom is -0.485 e. The number of carbonyl (C=O) groups is 1. The topological polar surface area (TPSA) is 77.8 Å². The van der Waals surface area contributed by atoms with Crippen LogP contribution >= 0.6 is 0 Å². The van der Waals surface area contributed by atoms with E-state index in [2.05, 4.69) is 15.4 Å². The molecule has 23 heavy (non-hydrogen) atoms. The molecule has 0 bridgehead atoms. The molecule has 1 atom stereocenters. The van der Waals surface area contributed by atoms with Crippen LogP contribution < -0.4 is 14.8 Å². The van der Waals surface area contributed by atoms with E-state index in [9.17, 15) is 4.79 Å². The Morgan fingerprint density at radius 3 is 3.04 bits per heavy atom. The quantitative estimate of drug-likeness (QED) is 0.781. The Bertz CT molecular complexity index is 890. The van der Waals surface area contributed by atoms with Gasteiger partial charge in [0.2, 0.25) is 6.10 Å². The Morgan fingerprint density at radius 1 is 1.35 bits per heavy atom. The summed E-state index contributed by atoms with van der Waals surface area (Å²) in [5.74, 6) is 0.923. The molecule has 0 aliphatic carbocycles. The van der Waals surface area contributed by atoms with Gasteiger partial charge in [-0.1, -0.05) is 12.1 Å². The Balaban J connectivity index is 1.51. The highest BCUT2D eigenvalue weighted by molar-refractivity contribution is 5.94. The summed E-state index contributed by atoms with van der Waals surface area (Å²) in [6, 6.07) is 9.13. The summed E-state index contributed by atoms with van der Waals surface area (Å²) in [6.45, 7) is 2.05. The third-order valence-corrected chi connectivity index (χ3v) is 3.50. The second-order valence-electron chi connectivity index (χ2n) is 5.28. The van der Waals surface area contributed by atoms with Gasteiger partial charge in [-0.3, -0.25) is 4.79 Å². The lowest BCUT2D eigenvalue weighted by atomic mass is 10.2. The number of nitrogens with one attached hydrogen (secondary N) is 1. The summed E-state index contributed by atoms with van der Waals surface area (Å²) in [4.78, 5) is 16.6. The highest BCUT2D eigenvalue weighted by Gasteiger charge is 2.27. The molecule has 3 aromatic rings. The number of rotatable bonds is 2. The van der Waals surface area contributed by atoms with Crippen molar-refractivity contribution in [3.8, 4) is 11.5 Å². The van der Waals surface area contributed by atoms with Crippen molar-refractivity contribution in [1.29, 1.82) is 0 Å². The van der Waals surface area contributed by atoms with Crippen LogP contribution in [0.15, 0.2) is 42.7 Å². The van der Waals surface area contributed by atoms with E-state index in [1.54, 1.807) is 29.0 Å². The lowest BCUT2D eigenvalue weighted by Gasteiger charge is -2.25. The van der Waals surface area contributed by atoms with E-state index < -0.39 is 6.10 Å². The van der Waals surface area contributed by atoms with Crippen molar-refractivity contribution in [2.75, 3.05) is 11.9 Å². The van der Waals surface area contributed by atoms with Crippen LogP contribution in [0.2, 0.25) is 0 Å². The molecule has 0 radical (unpaired) electrons. The predicted molar refractivity (Wildman–Crippen MR) is 82.7 cm³/mol. The monoisotopic (exact) mass is 310 g/mol. The maximum atomic E-state index is 12.3. The highest BCUT2D eigenvalue weighted by Crippen LogP contribution is 2.31. The number of para-hydroxylation sites is 2. The molecule has 0 saturated carbocycles. The maximum absolute atomic E-state index is 12.3. The minimum absolute atomic E-state index is 0.166. The van der Waals surface area contributed by atoms with Gasteiger partial charge in [0.05, 0.1) is 23.8 Å². The molecule has 1 unspecified atom stereocenters. The fraction of sp³-hybridized carbons (Fsp3) is 0.188. The molecule has 7 nitrogen and oxygen atoms in total. The molecule has 1 amide bonds. The molecule has 1 aromatic carbocycles. The zero-order valence-corrected chi connectivity index (χ0v) is 12.4. The predicted octanol–water partition coefficient (Wildman–Crippen LogP) is 1.82. The number of anilines is 1. The molecule has 0 fully saturated rings. The molecular weight excluding hydrogens is 296 g/mol. The van der Waals surface area contributed by atoms with Crippen LogP contribution in [-0.2, 0) is 4.79 Å². The third-order valence-electron chi connectivity index (χ3n) is 3.50. The van der Waals surface area contributed by atoms with E-state index >= 15 is 0 Å². The minimum atomic E-state index is -0.708. The Hall–Kier alpha value is -3.09. The summed E-state index contributed by atoms with van der Waals surface area (Å²) < 4.78 is 12.9. The van der Waals surface area contributed by atoms with Gasteiger partial charge in [0, 0.05) is 6.07 Å². The van der Waals surface area contributed by atoms with Crippen LogP contribution in [0, 0.1) is 6.92 Å². The van der Waals surface area contributed by atoms with Gasteiger partial charge in [0.1, 0.15) is 6.61 Å². The second kappa shape index (κ2) is 5.28. The molecule has 1 aliphatic heterocycles. The number of benzene rings is 1. The number of hydrogen-bond acceptors (Lipinski definition) is 5. The van der Waals surface area contributed by atoms with Crippen molar-refractivity contribution in [3.05, 3.63) is 48.4 Å². The summed E-state index contributed by atoms with van der Waals surface area (Å²) in [6.07, 6.45) is 2.59. The first kappa shape index (κ1) is 13.6. The van der Waals surface area contributed by atoms with Crippen molar-refractivity contribution >= 4 is 17.2 Å². The third kappa shape index (κ3) is 2.57. The summed E-state index contributed by atoms with van der Waals surface area (Å²) >= 11 is 0. The van der Waals surface area contributed by atoms with E-state index in [0.29, 0.717) is 17.2 Å². The molecule has 1 aliphatic rings. The van der Waals surface area contributed by atoms with E-state index in [1.807, 2.05) is 25.1 Å². The normalized spacial score (nSPS) is 16.3. The first-order chi connectivity index (χ1) is 11.2. The number of fused-ring (bicyclic) bond motifs is 2. The number of aromatic nitrogens is 3. The van der Waals surface area contributed by atoms with Gasteiger partial charge in [-0.15, -0.1) is 0 Å². The number of carbonyl (C=O) groups excluding carboxylic acids is 1. The van der Waals surface area contributed by atoms with Gasteiger partial charge in [-0.25, -0.2) is 9.50 Å². The van der Waals surface area contributed by atoms with Gasteiger partial charge in [-0.05, 0) is 19.1 Å². The lowest BCUT2D eigenvalue weighted by Crippen LogP contribution is -2.40. The largest absolute Gasteiger partial charge is 0.485 e. The summed E-state index contributed by atoms with van der Waals surface area (Å²) in [5.41, 5.74) is 2.14. The molecule has 0 saturated heterocycles. The standard InChI is InChI=1S/C16H14N4O3/c1-10-6-15-17-7-11(8-20(15)19-10)18-16(21)14-9-22-12-4-2-3-5-13(12)23-14/h2-8,14H,9H2,1H3,(H,18,21). The second-order valence-corrected chi connectivity index (χ2v) is 5.28. The molecule has 3 heterocycles. The number of amides is 1. The number of hydrogen-bond donors (Lipinski definition) is 1. The molecule has 116 valence electrons. The van der Waals surface area contributed by atoms with Crippen molar-refractivity contribution in [3.63, 3.8) is 0 Å². The number of aryl methyl sites for hydroxylation is 1. The number of ether oxygens (including phenoxy) is 2. The summed E-state index contributed by atoms with van der Waals surface area (Å²) in [7, 11) is 0. The zero-order chi connectivity index (χ0) is 15.8. The number of nitrogens with zero attached hydrogens (tertiary/aromatic N) is 3. The zero-order valence-electron chi connectivity index (χ0n) is 12.4. The Kier molecular flexibility index (Phi) is 3.11. The molecule has 4 rings (SSSR count). The molecule has 2 aromatic heterocycles. The fourth-order valence-corrected chi connectivity index (χ4v) is 2.43. The Morgan fingerprint density at radius 2 is 2.17 bits per heavy atom. The van der Waals surface area contributed by atoms with Gasteiger partial charge >= 0.3 is 0 Å². The smallest absolute Gasteiger partial charge is 0.269 e. The van der Waals surface area contributed by atoms with E-state index in [1.165, 1.54) is 0 Å². The van der Waals surface area contributed by atoms with Crippen LogP contribution in [-0.4, -0.2) is 33.2 Å². The van der Waals surface area contributed by atoms with Crippen LogP contribution in [0.1, 0.15) is 5.69 Å². The first-order valence-corrected chi connectivity index (χ1v) is 7.20. The first-order valence-electron chi connectivity index (χ1n) is 7.20. The molecule has 7 heteroatoms. The van der Waals surface area contributed by atoms with Gasteiger partial charge in [0.15, 0.2) is 17.1 Å². The molecule has 1 N–H and O–H groups in total. The lowest BCUT2D eigenvalue weighted by molar-refractivity contribution is -0.125. The van der Waals surface area contributed by atoms with E-state index in [-0.39, 0.29) is 12.5 Å². The maximum Gasteiger partial charge on any atom is 0.269 e. The molecular formula is C16H14N4O3. The van der Waals surface area contributed by atoms with Crippen LogP contribution in [0.5, 0.6) is 11.5 Å². The van der Waals surface area contributed by atoms with Crippen molar-refractivity contribution in [2.24, 2.45) is 0 Å². The van der Waals surface area contributed by atoms with Crippen LogP contribution in [0.3, 0.4) is 0 Å². The van der Waals surface area contributed by atoms with E-state index in [4.69, 9.17) is 9.47 Å². The Labute approximate surface area is 131 Å². The highest BCUT2D eigenvalue weighted by atomic mass is 16.6. The van der Waals surface area contributed by atoms with Crippen LogP contribution in [0.25, 0.3) is 5.65 Å². The van der Waals surface area contributed by atoms with Gasteiger partial charge < -0.3 is 14.8 Å². The average Bonchev–Trinajstić information content (AvgIpc) is 2.93. The SMILES string of the molecule is Cc1cc2ncc(NC(=O)C3COc4ccccc4O3)cn2n1. The van der Waals surface area contributed by atoms with Crippen molar-refractivity contribution in [2.45, 2.75) is 13.0 Å².